The average Bonchev–Trinajstić information content (AvgIpc) is 2.86. The van der Waals surface area contributed by atoms with Gasteiger partial charge in [-0.2, -0.15) is 0 Å². The molecule has 0 aliphatic heterocycles. The molecule has 0 aromatic heterocycles. The van der Waals surface area contributed by atoms with E-state index in [0.717, 1.165) is 25.8 Å². The molecule has 2 saturated carbocycles. The molecule has 2 N–H and O–H groups in total. The van der Waals surface area contributed by atoms with Gasteiger partial charge in [-0.3, -0.25) is 4.90 Å². The van der Waals surface area contributed by atoms with Gasteiger partial charge in [0.05, 0.1) is 12.7 Å². The van der Waals surface area contributed by atoms with Crippen molar-refractivity contribution in [3.8, 4) is 0 Å². The molecule has 3 heteroatoms. The van der Waals surface area contributed by atoms with Crippen LogP contribution in [0.25, 0.3) is 0 Å². The molecule has 0 unspecified atom stereocenters. The molecule has 0 heterocycles. The molecule has 2 fully saturated rings. The predicted molar refractivity (Wildman–Crippen MR) is 50.5 cm³/mol. The zero-order valence-electron chi connectivity index (χ0n) is 8.02. The highest BCUT2D eigenvalue weighted by Gasteiger charge is 2.38. The predicted octanol–water partition coefficient (Wildman–Crippen LogP) is 0.356. The van der Waals surface area contributed by atoms with E-state index in [-0.39, 0.29) is 12.7 Å². The van der Waals surface area contributed by atoms with Gasteiger partial charge in [0.1, 0.15) is 0 Å². The lowest BCUT2D eigenvalue weighted by atomic mass is 10.1. The minimum absolute atomic E-state index is 0.146. The Hall–Kier alpha value is -0.120. The molecule has 0 radical (unpaired) electrons. The van der Waals surface area contributed by atoms with Gasteiger partial charge in [-0.1, -0.05) is 0 Å². The first-order valence-electron chi connectivity index (χ1n) is 5.37. The molecule has 2 aliphatic rings. The summed E-state index contributed by atoms with van der Waals surface area (Å²) < 4.78 is 0. The van der Waals surface area contributed by atoms with Crippen molar-refractivity contribution in [1.29, 1.82) is 0 Å². The number of rotatable bonds is 4. The van der Waals surface area contributed by atoms with E-state index in [1.165, 1.54) is 12.8 Å². The van der Waals surface area contributed by atoms with Crippen LogP contribution in [0.1, 0.15) is 32.1 Å². The summed E-state index contributed by atoms with van der Waals surface area (Å²) in [6.45, 7) is 0.964. The van der Waals surface area contributed by atoms with Crippen LogP contribution in [-0.4, -0.2) is 46.5 Å². The number of aliphatic hydroxyl groups excluding tert-OH is 2. The Bertz CT molecular complexity index is 170. The molecule has 0 bridgehead atoms. The highest BCUT2D eigenvalue weighted by molar-refractivity contribution is 4.93. The first-order chi connectivity index (χ1) is 6.33. The van der Waals surface area contributed by atoms with Crippen molar-refractivity contribution in [2.24, 2.45) is 0 Å². The molecule has 0 spiro atoms. The Morgan fingerprint density at radius 2 is 1.92 bits per heavy atom. The van der Waals surface area contributed by atoms with Crippen LogP contribution >= 0.6 is 0 Å². The van der Waals surface area contributed by atoms with Crippen LogP contribution in [0, 0.1) is 0 Å². The lowest BCUT2D eigenvalue weighted by molar-refractivity contribution is 0.0542. The minimum atomic E-state index is -0.146. The van der Waals surface area contributed by atoms with E-state index in [4.69, 9.17) is 5.11 Å². The summed E-state index contributed by atoms with van der Waals surface area (Å²) in [5.41, 5.74) is 0. The summed E-state index contributed by atoms with van der Waals surface area (Å²) >= 11 is 0. The van der Waals surface area contributed by atoms with Crippen molar-refractivity contribution in [2.75, 3.05) is 13.2 Å². The second kappa shape index (κ2) is 3.95. The third-order valence-electron chi connectivity index (χ3n) is 3.24. The fourth-order valence-corrected chi connectivity index (χ4v) is 2.45. The van der Waals surface area contributed by atoms with E-state index < -0.39 is 0 Å². The standard InChI is InChI=1S/C10H19NO2/c12-7-6-11(8-4-5-8)9-2-1-3-10(9)13/h8-10,12-13H,1-7H2/t9-,10-/m0/s1. The van der Waals surface area contributed by atoms with Crippen molar-refractivity contribution in [1.82, 2.24) is 4.90 Å². The Balaban J connectivity index is 1.92. The van der Waals surface area contributed by atoms with Crippen molar-refractivity contribution in [3.05, 3.63) is 0 Å². The van der Waals surface area contributed by atoms with Crippen molar-refractivity contribution in [3.63, 3.8) is 0 Å². The van der Waals surface area contributed by atoms with Gasteiger partial charge in [0.2, 0.25) is 0 Å². The van der Waals surface area contributed by atoms with E-state index in [2.05, 4.69) is 4.90 Å². The Kier molecular flexibility index (Phi) is 2.86. The van der Waals surface area contributed by atoms with E-state index >= 15 is 0 Å². The third-order valence-corrected chi connectivity index (χ3v) is 3.24. The van der Waals surface area contributed by atoms with Crippen LogP contribution in [0.4, 0.5) is 0 Å². The second-order valence-corrected chi connectivity index (χ2v) is 4.26. The molecule has 2 atom stereocenters. The summed E-state index contributed by atoms with van der Waals surface area (Å²) in [6, 6.07) is 0.990. The Morgan fingerprint density at radius 1 is 1.15 bits per heavy atom. The van der Waals surface area contributed by atoms with Crippen molar-refractivity contribution < 1.29 is 10.2 Å². The largest absolute Gasteiger partial charge is 0.395 e. The van der Waals surface area contributed by atoms with Crippen LogP contribution in [0.2, 0.25) is 0 Å². The molecular formula is C10H19NO2. The molecule has 0 aromatic carbocycles. The van der Waals surface area contributed by atoms with Gasteiger partial charge in [-0.25, -0.2) is 0 Å². The first kappa shape index (κ1) is 9.44. The van der Waals surface area contributed by atoms with Gasteiger partial charge in [0.25, 0.3) is 0 Å². The third kappa shape index (κ3) is 2.03. The number of hydrogen-bond acceptors (Lipinski definition) is 3. The molecule has 76 valence electrons. The summed E-state index contributed by atoms with van der Waals surface area (Å²) in [5.74, 6) is 0. The lowest BCUT2D eigenvalue weighted by Crippen LogP contribution is -2.43. The lowest BCUT2D eigenvalue weighted by Gasteiger charge is -2.30. The van der Waals surface area contributed by atoms with Gasteiger partial charge in [0.15, 0.2) is 0 Å². The highest BCUT2D eigenvalue weighted by atomic mass is 16.3. The molecule has 13 heavy (non-hydrogen) atoms. The number of aliphatic hydroxyl groups is 2. The molecule has 2 rings (SSSR count). The molecule has 3 nitrogen and oxygen atoms in total. The van der Waals surface area contributed by atoms with Gasteiger partial charge in [-0.15, -0.1) is 0 Å². The molecule has 0 aromatic rings. The maximum Gasteiger partial charge on any atom is 0.0695 e. The van der Waals surface area contributed by atoms with E-state index in [1.807, 2.05) is 0 Å². The molecule has 0 saturated heterocycles. The van der Waals surface area contributed by atoms with Crippen LogP contribution in [0.5, 0.6) is 0 Å². The zero-order valence-corrected chi connectivity index (χ0v) is 8.02. The quantitative estimate of drug-likeness (QED) is 0.664. The van der Waals surface area contributed by atoms with Gasteiger partial charge >= 0.3 is 0 Å². The van der Waals surface area contributed by atoms with Gasteiger partial charge in [0, 0.05) is 18.6 Å². The fraction of sp³-hybridized carbons (Fsp3) is 1.00. The second-order valence-electron chi connectivity index (χ2n) is 4.26. The molecule has 2 aliphatic carbocycles. The van der Waals surface area contributed by atoms with Crippen molar-refractivity contribution in [2.45, 2.75) is 50.3 Å². The number of hydrogen-bond donors (Lipinski definition) is 2. The van der Waals surface area contributed by atoms with Crippen molar-refractivity contribution >= 4 is 0 Å². The maximum absolute atomic E-state index is 9.74. The normalized spacial score (nSPS) is 34.4. The van der Waals surface area contributed by atoms with E-state index in [9.17, 15) is 5.11 Å². The van der Waals surface area contributed by atoms with E-state index in [0.29, 0.717) is 12.1 Å². The summed E-state index contributed by atoms with van der Waals surface area (Å²) in [4.78, 5) is 2.32. The Labute approximate surface area is 79.4 Å². The SMILES string of the molecule is OCCN(C1CC1)[C@H]1CCC[C@@H]1O. The van der Waals surface area contributed by atoms with Crippen LogP contribution in [0.15, 0.2) is 0 Å². The zero-order chi connectivity index (χ0) is 9.26. The fourth-order valence-electron chi connectivity index (χ4n) is 2.45. The minimum Gasteiger partial charge on any atom is -0.395 e. The Morgan fingerprint density at radius 3 is 2.38 bits per heavy atom. The number of nitrogens with zero attached hydrogens (tertiary/aromatic N) is 1. The van der Waals surface area contributed by atoms with Gasteiger partial charge in [-0.05, 0) is 32.1 Å². The topological polar surface area (TPSA) is 43.7 Å². The monoisotopic (exact) mass is 185 g/mol. The average molecular weight is 185 g/mol. The van der Waals surface area contributed by atoms with E-state index in [1.54, 1.807) is 0 Å². The molecule has 0 amide bonds. The van der Waals surface area contributed by atoms with Crippen LogP contribution in [0.3, 0.4) is 0 Å². The van der Waals surface area contributed by atoms with Gasteiger partial charge < -0.3 is 10.2 Å². The summed E-state index contributed by atoms with van der Waals surface area (Å²) in [6.07, 6.45) is 5.55. The summed E-state index contributed by atoms with van der Waals surface area (Å²) in [7, 11) is 0. The molecular weight excluding hydrogens is 166 g/mol. The van der Waals surface area contributed by atoms with Crippen LogP contribution in [-0.2, 0) is 0 Å². The maximum atomic E-state index is 9.74. The first-order valence-corrected chi connectivity index (χ1v) is 5.37. The highest BCUT2D eigenvalue weighted by Crippen LogP contribution is 2.34. The van der Waals surface area contributed by atoms with Crippen LogP contribution < -0.4 is 0 Å². The smallest absolute Gasteiger partial charge is 0.0695 e. The summed E-state index contributed by atoms with van der Waals surface area (Å²) in [5, 5.41) is 18.7.